The van der Waals surface area contributed by atoms with Gasteiger partial charge < -0.3 is 0 Å². The first-order valence-electron chi connectivity index (χ1n) is 40.5. The summed E-state index contributed by atoms with van der Waals surface area (Å²) in [6.07, 6.45) is 0. The molecule has 4 aliphatic carbocycles. The van der Waals surface area contributed by atoms with Gasteiger partial charge in [-0.2, -0.15) is 0 Å². The van der Waals surface area contributed by atoms with Gasteiger partial charge in [-0.3, -0.25) is 0 Å². The minimum absolute atomic E-state index is 1.22. The third kappa shape index (κ3) is 9.44. The van der Waals surface area contributed by atoms with E-state index in [9.17, 15) is 0 Å². The smallest absolute Gasteiger partial charge is 0.000718 e. The van der Waals surface area contributed by atoms with Gasteiger partial charge in [0.25, 0.3) is 0 Å². The van der Waals surface area contributed by atoms with Crippen LogP contribution in [0.5, 0.6) is 0 Å². The van der Waals surface area contributed by atoms with E-state index in [1.54, 1.807) is 0 Å². The lowest BCUT2D eigenvalue weighted by molar-refractivity contribution is 1.59. The van der Waals surface area contributed by atoms with Gasteiger partial charge in [-0.25, -0.2) is 0 Å². The summed E-state index contributed by atoms with van der Waals surface area (Å²) < 4.78 is 0. The molecule has 0 spiro atoms. The molecule has 0 aliphatic heterocycles. The van der Waals surface area contributed by atoms with E-state index in [1.807, 2.05) is 0 Å². The van der Waals surface area contributed by atoms with Crippen molar-refractivity contribution in [1.82, 2.24) is 0 Å². The highest BCUT2D eigenvalue weighted by Crippen LogP contribution is 2.63. The Morgan fingerprint density at radius 1 is 0.0948 bits per heavy atom. The Morgan fingerprint density at radius 2 is 0.362 bits per heavy atom. The van der Waals surface area contributed by atoms with Crippen molar-refractivity contribution >= 4 is 86.2 Å². The van der Waals surface area contributed by atoms with Crippen LogP contribution in [0.25, 0.3) is 264 Å². The Morgan fingerprint density at radius 3 is 0.784 bits per heavy atom. The van der Waals surface area contributed by atoms with Gasteiger partial charge in [-0.15, -0.1) is 0 Å². The van der Waals surface area contributed by atoms with Gasteiger partial charge in [0.1, 0.15) is 0 Å². The van der Waals surface area contributed by atoms with Gasteiger partial charge in [-0.1, -0.05) is 388 Å². The van der Waals surface area contributed by atoms with Crippen molar-refractivity contribution in [2.24, 2.45) is 0 Å². The van der Waals surface area contributed by atoms with Crippen molar-refractivity contribution in [2.45, 2.75) is 0 Å². The SMILES string of the molecule is c1ccc(-c2cccc(-c3c4c(c(-c5cccc(-c6ccccc6)c5)c5ccccc35)-c3ccc(-c5ccc6c(c5)-c5cccc7cccc-6c57)c5cccc-4c35)c2)cc1.c1ccc2c(-c3c4c(c(-c5cccc6ccccc56)c5ccccc35)-c3ccc(-c5ccc6c(c5)-c5cccc7cccc-6c57)c5cccc-4c35)cccc2c1. The summed E-state index contributed by atoms with van der Waals surface area (Å²) in [4.78, 5) is 0. The van der Waals surface area contributed by atoms with E-state index in [1.165, 1.54) is 264 Å². The molecule has 532 valence electrons. The Balaban J connectivity index is 0.000000130. The van der Waals surface area contributed by atoms with Crippen molar-refractivity contribution in [3.63, 3.8) is 0 Å². The lowest BCUT2D eigenvalue weighted by Gasteiger charge is -2.22. The second kappa shape index (κ2) is 25.2. The normalized spacial score (nSPS) is 12.1. The van der Waals surface area contributed by atoms with Crippen LogP contribution in [0.3, 0.4) is 0 Å². The van der Waals surface area contributed by atoms with Crippen LogP contribution in [0.2, 0.25) is 0 Å². The molecule has 0 N–H and O–H groups in total. The topological polar surface area (TPSA) is 0 Å². The second-order valence-electron chi connectivity index (χ2n) is 31.8. The van der Waals surface area contributed by atoms with Crippen molar-refractivity contribution in [3.8, 4) is 178 Å². The van der Waals surface area contributed by atoms with E-state index in [0.717, 1.165) is 0 Å². The quantitative estimate of drug-likeness (QED) is 0.142. The molecule has 26 rings (SSSR count). The Labute approximate surface area is 672 Å². The van der Waals surface area contributed by atoms with E-state index in [4.69, 9.17) is 0 Å². The maximum atomic E-state index is 2.44. The van der Waals surface area contributed by atoms with Crippen LogP contribution >= 0.6 is 0 Å². The monoisotopic (exact) mass is 1460 g/mol. The maximum absolute atomic E-state index is 2.44. The summed E-state index contributed by atoms with van der Waals surface area (Å²) in [6, 6.07) is 154. The van der Waals surface area contributed by atoms with E-state index in [2.05, 4.69) is 413 Å². The fourth-order valence-corrected chi connectivity index (χ4v) is 21.0. The molecular weight excluding hydrogens is 1390 g/mol. The molecule has 0 saturated carbocycles. The van der Waals surface area contributed by atoms with Crippen LogP contribution in [-0.4, -0.2) is 0 Å². The number of hydrogen-bond donors (Lipinski definition) is 0. The number of hydrogen-bond acceptors (Lipinski definition) is 0. The molecule has 0 atom stereocenters. The van der Waals surface area contributed by atoms with Gasteiger partial charge in [0.15, 0.2) is 0 Å². The van der Waals surface area contributed by atoms with Crippen LogP contribution in [0, 0.1) is 0 Å². The first-order valence-corrected chi connectivity index (χ1v) is 40.5. The lowest BCUT2D eigenvalue weighted by atomic mass is 9.81. The molecule has 0 unspecified atom stereocenters. The van der Waals surface area contributed by atoms with Crippen LogP contribution < -0.4 is 0 Å². The summed E-state index contributed by atoms with van der Waals surface area (Å²) in [6.45, 7) is 0. The maximum Gasteiger partial charge on any atom is -0.000718 e. The molecule has 22 aromatic rings. The molecule has 0 fully saturated rings. The first-order chi connectivity index (χ1) is 57.6. The van der Waals surface area contributed by atoms with Gasteiger partial charge in [0.05, 0.1) is 0 Å². The number of rotatable bonds is 8. The van der Waals surface area contributed by atoms with Crippen molar-refractivity contribution in [3.05, 3.63) is 413 Å². The zero-order chi connectivity index (χ0) is 75.8. The summed E-state index contributed by atoms with van der Waals surface area (Å²) in [5.74, 6) is 0. The molecule has 0 bridgehead atoms. The first kappa shape index (κ1) is 64.6. The number of benzene rings is 22. The van der Waals surface area contributed by atoms with E-state index >= 15 is 0 Å². The van der Waals surface area contributed by atoms with E-state index in [-0.39, 0.29) is 0 Å². The zero-order valence-electron chi connectivity index (χ0n) is 63.3. The second-order valence-corrected chi connectivity index (χ2v) is 31.8. The predicted molar refractivity (Wildman–Crippen MR) is 494 cm³/mol. The molecule has 0 heteroatoms. The standard InChI is InChI=1S/C60H36.C56H32/c1-3-14-37(15-4-1)40-20-9-22-43(34-40)56-49-24-7-8-25-50(49)57(44-23-10-21-41(35-44)38-16-5-2-6-17-38)60-53-33-32-45(47-28-13-29-52(58(47)53)59(56)60)42-30-31-46-48-26-11-18-39-19-12-27-51(55(39)48)54(46)36-42;1-3-18-37-33(12-1)14-7-22-42(37)53-45-20-5-6-21-46(45)54(43-23-8-15-34-13-2-4-19-38(34)43)56-49-31-30-39(41-26-11-27-48(52(41)49)55(53)56)36-28-29-40-44-24-9-16-35-17-10-25-47(51(35)44)50(40)32-36/h1-36H;1-32H. The van der Waals surface area contributed by atoms with Crippen LogP contribution in [0.4, 0.5) is 0 Å². The third-order valence-electron chi connectivity index (χ3n) is 25.9. The van der Waals surface area contributed by atoms with E-state index < -0.39 is 0 Å². The minimum Gasteiger partial charge on any atom is -0.0622 e. The average molecular weight is 1460 g/mol. The van der Waals surface area contributed by atoms with Gasteiger partial charge in [0.2, 0.25) is 0 Å². The van der Waals surface area contributed by atoms with Gasteiger partial charge >= 0.3 is 0 Å². The highest BCUT2D eigenvalue weighted by molar-refractivity contribution is 6.33. The summed E-state index contributed by atoms with van der Waals surface area (Å²) in [7, 11) is 0. The molecule has 116 heavy (non-hydrogen) atoms. The predicted octanol–water partition coefficient (Wildman–Crippen LogP) is 32.5. The molecule has 0 saturated heterocycles. The minimum atomic E-state index is 1.22. The van der Waals surface area contributed by atoms with Gasteiger partial charge in [0, 0.05) is 0 Å². The lowest BCUT2D eigenvalue weighted by Crippen LogP contribution is -1.94. The largest absolute Gasteiger partial charge is 0.0622 e. The number of fused-ring (bicyclic) bond motifs is 16. The fourth-order valence-electron chi connectivity index (χ4n) is 21.0. The Kier molecular flexibility index (Phi) is 14.0. The molecule has 0 radical (unpaired) electrons. The molecule has 0 amide bonds. The van der Waals surface area contributed by atoms with Crippen LogP contribution in [-0.2, 0) is 0 Å². The van der Waals surface area contributed by atoms with Crippen LogP contribution in [0.15, 0.2) is 413 Å². The average Bonchev–Trinajstić information content (AvgIpc) is 1.53. The van der Waals surface area contributed by atoms with Crippen molar-refractivity contribution in [1.29, 1.82) is 0 Å². The molecule has 0 nitrogen and oxygen atoms in total. The summed E-state index contributed by atoms with van der Waals surface area (Å²) >= 11 is 0. The Bertz CT molecular complexity index is 7760. The molecule has 0 heterocycles. The summed E-state index contributed by atoms with van der Waals surface area (Å²) in [5, 5.41) is 20.7. The molecule has 0 aromatic heterocycles. The van der Waals surface area contributed by atoms with Crippen LogP contribution in [0.1, 0.15) is 0 Å². The highest BCUT2D eigenvalue weighted by atomic mass is 14.4. The third-order valence-corrected chi connectivity index (χ3v) is 25.9. The molecule has 4 aliphatic rings. The van der Waals surface area contributed by atoms with Crippen molar-refractivity contribution in [2.75, 3.05) is 0 Å². The fraction of sp³-hybridized carbons (Fsp3) is 0. The Hall–Kier alpha value is -15.1. The molecular formula is C116H68. The summed E-state index contributed by atoms with van der Waals surface area (Å²) in [5.41, 5.74) is 41.2. The highest BCUT2D eigenvalue weighted by Gasteiger charge is 2.35. The zero-order valence-corrected chi connectivity index (χ0v) is 63.3. The van der Waals surface area contributed by atoms with Gasteiger partial charge in [-0.05, 0) is 288 Å². The molecule has 22 aromatic carbocycles. The van der Waals surface area contributed by atoms with Crippen molar-refractivity contribution < 1.29 is 0 Å². The van der Waals surface area contributed by atoms with E-state index in [0.29, 0.717) is 0 Å².